The number of methoxy groups -OCH3 is 2. The smallest absolute Gasteiger partial charge is 0.310 e. The summed E-state index contributed by atoms with van der Waals surface area (Å²) in [5, 5.41) is 36.1. The average molecular weight is 789 g/mol. The maximum Gasteiger partial charge on any atom is 0.310 e. The molecule has 0 aromatic heterocycles. The van der Waals surface area contributed by atoms with Crippen LogP contribution in [0.4, 0.5) is 22.7 Å². The molecule has 0 radical (unpaired) electrons. The average Bonchev–Trinajstić information content (AvgIpc) is 3.86. The van der Waals surface area contributed by atoms with Crippen LogP contribution in [0.15, 0.2) is 97.1 Å². The van der Waals surface area contributed by atoms with Gasteiger partial charge in [-0.3, -0.25) is 34.6 Å². The largest absolute Gasteiger partial charge is 0.502 e. The van der Waals surface area contributed by atoms with Gasteiger partial charge in [0.1, 0.15) is 0 Å². The van der Waals surface area contributed by atoms with E-state index < -0.39 is 51.4 Å². The topological polar surface area (TPSA) is 219 Å². The summed E-state index contributed by atoms with van der Waals surface area (Å²) in [4.78, 5) is 64.9. The second-order valence-corrected chi connectivity index (χ2v) is 13.6. The third-order valence-electron chi connectivity index (χ3n) is 10.6. The second-order valence-electron chi connectivity index (χ2n) is 13.6. The van der Waals surface area contributed by atoms with Gasteiger partial charge in [-0.05, 0) is 89.5 Å². The maximum absolute atomic E-state index is 14.9. The Morgan fingerprint density at radius 3 is 1.88 bits per heavy atom. The number of nitrogens with one attached hydrogen (secondary N) is 1. The molecule has 5 aromatic rings. The van der Waals surface area contributed by atoms with Crippen molar-refractivity contribution in [3.8, 4) is 28.7 Å². The number of cyclic esters (lactones) is 1. The Labute approximate surface area is 328 Å². The van der Waals surface area contributed by atoms with E-state index in [0.717, 1.165) is 0 Å². The molecule has 0 spiro atoms. The Hall–Kier alpha value is -7.69. The number of hydrogen-bond acceptors (Lipinski definition) is 13. The van der Waals surface area contributed by atoms with Gasteiger partial charge >= 0.3 is 5.97 Å². The number of benzene rings is 5. The number of amides is 2. The fraction of sp³-hybridized carbons (Fsp3) is 0.195. The number of rotatable bonds is 10. The maximum atomic E-state index is 14.9. The quantitative estimate of drug-likeness (QED) is 0.0875. The van der Waals surface area contributed by atoms with E-state index >= 15 is 0 Å². The first-order valence-corrected chi connectivity index (χ1v) is 17.8. The molecule has 1 aliphatic carbocycles. The molecule has 8 rings (SSSR count). The van der Waals surface area contributed by atoms with Crippen LogP contribution in [-0.2, 0) is 9.53 Å². The van der Waals surface area contributed by atoms with Crippen molar-refractivity contribution in [1.29, 1.82) is 0 Å². The van der Waals surface area contributed by atoms with Crippen molar-refractivity contribution < 1.29 is 53.0 Å². The number of esters is 1. The second kappa shape index (κ2) is 14.8. The zero-order valence-corrected chi connectivity index (χ0v) is 30.6. The van der Waals surface area contributed by atoms with Crippen molar-refractivity contribution in [3.05, 3.63) is 145 Å². The van der Waals surface area contributed by atoms with Gasteiger partial charge in [0.15, 0.2) is 23.0 Å². The van der Waals surface area contributed by atoms with E-state index in [2.05, 4.69) is 5.32 Å². The molecule has 17 nitrogen and oxygen atoms in total. The van der Waals surface area contributed by atoms with Crippen LogP contribution in [0.25, 0.3) is 0 Å². The molecule has 3 aliphatic rings. The number of fused-ring (bicyclic) bond motifs is 3. The van der Waals surface area contributed by atoms with Crippen molar-refractivity contribution in [2.75, 3.05) is 37.8 Å². The summed E-state index contributed by atoms with van der Waals surface area (Å²) >= 11 is 0. The summed E-state index contributed by atoms with van der Waals surface area (Å²) < 4.78 is 28.3. The van der Waals surface area contributed by atoms with Gasteiger partial charge < -0.3 is 39.0 Å². The van der Waals surface area contributed by atoms with E-state index in [4.69, 9.17) is 23.7 Å². The van der Waals surface area contributed by atoms with Gasteiger partial charge in [0.05, 0.1) is 42.6 Å². The third kappa shape index (κ3) is 6.47. The van der Waals surface area contributed by atoms with Crippen molar-refractivity contribution >= 4 is 40.5 Å². The number of phenolic OH excluding ortho intramolecular Hbond substituents is 1. The van der Waals surface area contributed by atoms with Gasteiger partial charge in [0.25, 0.3) is 23.2 Å². The fourth-order valence-corrected chi connectivity index (χ4v) is 7.87. The van der Waals surface area contributed by atoms with E-state index in [1.807, 2.05) is 0 Å². The number of phenols is 1. The number of non-ortho nitro benzene ring substituents is 2. The molecule has 0 unspecified atom stereocenters. The zero-order chi connectivity index (χ0) is 40.8. The highest BCUT2D eigenvalue weighted by atomic mass is 16.7. The third-order valence-corrected chi connectivity index (χ3v) is 10.6. The Kier molecular flexibility index (Phi) is 9.48. The first kappa shape index (κ1) is 37.2. The van der Waals surface area contributed by atoms with E-state index in [0.29, 0.717) is 39.6 Å². The van der Waals surface area contributed by atoms with Gasteiger partial charge in [-0.25, -0.2) is 0 Å². The number of aromatic hydroxyl groups is 1. The van der Waals surface area contributed by atoms with Crippen molar-refractivity contribution in [3.63, 3.8) is 0 Å². The van der Waals surface area contributed by atoms with E-state index in [1.54, 1.807) is 48.5 Å². The van der Waals surface area contributed by atoms with Gasteiger partial charge in [0, 0.05) is 58.6 Å². The molecule has 0 saturated carbocycles. The summed E-state index contributed by atoms with van der Waals surface area (Å²) in [5.41, 5.74) is 2.33. The predicted molar refractivity (Wildman–Crippen MR) is 204 cm³/mol. The number of hydrogen-bond donors (Lipinski definition) is 2. The number of nitro groups is 2. The van der Waals surface area contributed by atoms with E-state index in [1.165, 1.54) is 67.7 Å². The van der Waals surface area contributed by atoms with Crippen molar-refractivity contribution in [1.82, 2.24) is 0 Å². The highest BCUT2D eigenvalue weighted by Crippen LogP contribution is 2.57. The molecular weight excluding hydrogens is 756 g/mol. The minimum Gasteiger partial charge on any atom is -0.502 e. The van der Waals surface area contributed by atoms with Crippen LogP contribution in [-0.4, -0.2) is 60.4 Å². The summed E-state index contributed by atoms with van der Waals surface area (Å²) in [6.45, 7) is -0.153. The van der Waals surface area contributed by atoms with Crippen LogP contribution in [0.1, 0.15) is 49.4 Å². The lowest BCUT2D eigenvalue weighted by Gasteiger charge is -2.44. The molecule has 17 heteroatoms. The van der Waals surface area contributed by atoms with Gasteiger partial charge in [-0.15, -0.1) is 0 Å². The molecule has 1 saturated heterocycles. The van der Waals surface area contributed by atoms with E-state index in [-0.39, 0.29) is 53.2 Å². The highest BCUT2D eigenvalue weighted by Gasteiger charge is 2.55. The molecule has 2 amide bonds. The number of carbonyl (C=O) groups excluding carboxylic acids is 3. The van der Waals surface area contributed by atoms with Gasteiger partial charge in [0.2, 0.25) is 12.5 Å². The number of anilines is 2. The number of nitrogens with zero attached hydrogens (tertiary/aromatic N) is 3. The molecule has 4 atom stereocenters. The molecule has 2 aliphatic heterocycles. The van der Waals surface area contributed by atoms with Crippen LogP contribution >= 0.6 is 0 Å². The first-order valence-electron chi connectivity index (χ1n) is 17.8. The van der Waals surface area contributed by atoms with Crippen LogP contribution in [0.5, 0.6) is 28.7 Å². The van der Waals surface area contributed by atoms with E-state index in [9.17, 15) is 39.7 Å². The molecule has 1 fully saturated rings. The van der Waals surface area contributed by atoms with Gasteiger partial charge in [-0.2, -0.15) is 0 Å². The number of ether oxygens (including phenoxy) is 5. The SMILES string of the molecule is COc1cc([C@@H]2c3cc4c(cc3[C@@H](N(C(=O)c3ccc([N+](=O)[O-])cc3)c3ccc(NC(=O)c5ccc([N+](=O)[O-])cc5)cc3)[C@H]3COC(=O)[C@H]23)OCO4)cc(OC)c1O. The Bertz CT molecular complexity index is 2470. The normalized spacial score (nSPS) is 18.6. The minimum absolute atomic E-state index is 0.0676. The van der Waals surface area contributed by atoms with Crippen LogP contribution in [0.2, 0.25) is 0 Å². The van der Waals surface area contributed by atoms with Crippen LogP contribution in [0.3, 0.4) is 0 Å². The summed E-state index contributed by atoms with van der Waals surface area (Å²) in [6, 6.07) is 22.5. The Morgan fingerprint density at radius 1 is 0.776 bits per heavy atom. The fourth-order valence-electron chi connectivity index (χ4n) is 7.87. The highest BCUT2D eigenvalue weighted by molar-refractivity contribution is 6.08. The standard InChI is InChI=1S/C41H32N4O13/c1-54-33-15-23(16-34(55-2)38(33)46)35-28-17-31-32(58-20-57-31)18-29(28)37(30-19-56-41(49)36(30)35)43(40(48)22-5-11-27(12-6-22)45(52)53)25-13-7-24(8-14-25)42-39(47)21-3-9-26(10-4-21)44(50)51/h3-18,30,35-37,46H,19-20H2,1-2H3,(H,42,47)/t30-,35+,36-,37+/m0/s1. The predicted octanol–water partition coefficient (Wildman–Crippen LogP) is 6.53. The molecule has 0 bridgehead atoms. The Balaban J connectivity index is 1.26. The van der Waals surface area contributed by atoms with Crippen LogP contribution in [0, 0.1) is 32.1 Å². The van der Waals surface area contributed by atoms with Crippen molar-refractivity contribution in [2.45, 2.75) is 12.0 Å². The Morgan fingerprint density at radius 2 is 1.33 bits per heavy atom. The lowest BCUT2D eigenvalue weighted by Crippen LogP contribution is -2.45. The zero-order valence-electron chi connectivity index (χ0n) is 30.6. The first-order chi connectivity index (χ1) is 28.0. The number of carbonyl (C=O) groups is 3. The van der Waals surface area contributed by atoms with Crippen LogP contribution < -0.4 is 29.2 Å². The molecule has 2 heterocycles. The monoisotopic (exact) mass is 788 g/mol. The molecule has 5 aromatic carbocycles. The summed E-state index contributed by atoms with van der Waals surface area (Å²) in [5.74, 6) is -3.10. The molecule has 2 N–H and O–H groups in total. The van der Waals surface area contributed by atoms with Gasteiger partial charge in [-0.1, -0.05) is 0 Å². The molecular formula is C41H32N4O13. The lowest BCUT2D eigenvalue weighted by molar-refractivity contribution is -0.385. The minimum atomic E-state index is -0.902. The molecule has 58 heavy (non-hydrogen) atoms. The summed E-state index contributed by atoms with van der Waals surface area (Å²) in [6.07, 6.45) is 0. The lowest BCUT2D eigenvalue weighted by atomic mass is 9.64. The molecule has 294 valence electrons. The number of nitro benzene ring substituents is 2. The summed E-state index contributed by atoms with van der Waals surface area (Å²) in [7, 11) is 2.78. The van der Waals surface area contributed by atoms with Crippen molar-refractivity contribution in [2.24, 2.45) is 11.8 Å².